The highest BCUT2D eigenvalue weighted by Crippen LogP contribution is 2.33. The predicted molar refractivity (Wildman–Crippen MR) is 83.9 cm³/mol. The molecule has 0 saturated heterocycles. The van der Waals surface area contributed by atoms with Crippen molar-refractivity contribution in [2.75, 3.05) is 7.05 Å². The fourth-order valence-corrected chi connectivity index (χ4v) is 3.63. The van der Waals surface area contributed by atoms with Gasteiger partial charge in [0, 0.05) is 9.58 Å². The molecular weight excluding hydrogens is 269 g/mol. The van der Waals surface area contributed by atoms with Crippen LogP contribution in [0.3, 0.4) is 0 Å². The zero-order valence-electron chi connectivity index (χ0n) is 11.5. The Bertz CT molecular complexity index is 730. The number of hydrogen-bond donors (Lipinski definition) is 1. The first-order valence-corrected chi connectivity index (χ1v) is 7.42. The maximum atomic E-state index is 13.3. The van der Waals surface area contributed by atoms with Crippen LogP contribution < -0.4 is 5.32 Å². The van der Waals surface area contributed by atoms with Gasteiger partial charge in [-0.15, -0.1) is 11.3 Å². The van der Waals surface area contributed by atoms with Gasteiger partial charge in [0.15, 0.2) is 0 Å². The molecule has 0 aliphatic rings. The van der Waals surface area contributed by atoms with Crippen molar-refractivity contribution in [1.29, 1.82) is 0 Å². The van der Waals surface area contributed by atoms with Gasteiger partial charge < -0.3 is 5.32 Å². The van der Waals surface area contributed by atoms with Crippen LogP contribution in [-0.4, -0.2) is 7.05 Å². The van der Waals surface area contributed by atoms with E-state index in [4.69, 9.17) is 0 Å². The topological polar surface area (TPSA) is 12.0 Å². The number of fused-ring (bicyclic) bond motifs is 1. The average Bonchev–Trinajstić information content (AvgIpc) is 2.84. The number of hydrogen-bond acceptors (Lipinski definition) is 2. The van der Waals surface area contributed by atoms with E-state index in [1.165, 1.54) is 22.1 Å². The zero-order valence-corrected chi connectivity index (χ0v) is 12.3. The molecule has 0 aliphatic heterocycles. The Kier molecular flexibility index (Phi) is 3.55. The highest BCUT2D eigenvalue weighted by Gasteiger charge is 2.15. The first-order valence-electron chi connectivity index (χ1n) is 6.60. The summed E-state index contributed by atoms with van der Waals surface area (Å²) in [6.07, 6.45) is 0. The van der Waals surface area contributed by atoms with Gasteiger partial charge in [0.1, 0.15) is 5.82 Å². The number of thiophene rings is 1. The third kappa shape index (κ3) is 2.47. The molecule has 0 amide bonds. The van der Waals surface area contributed by atoms with Crippen LogP contribution >= 0.6 is 11.3 Å². The standard InChI is InChI=1S/C17H16FNS/c1-11-3-5-12(6-4-11)17(19-2)16-9-13-7-8-14(18)10-15(13)20-16/h3-10,17,19H,1-2H3. The van der Waals surface area contributed by atoms with Crippen molar-refractivity contribution in [3.05, 3.63) is 70.4 Å². The Labute approximate surface area is 122 Å². The van der Waals surface area contributed by atoms with Crippen LogP contribution in [0.5, 0.6) is 0 Å². The largest absolute Gasteiger partial charge is 0.309 e. The lowest BCUT2D eigenvalue weighted by molar-refractivity contribution is 0.630. The van der Waals surface area contributed by atoms with E-state index in [1.54, 1.807) is 17.4 Å². The molecule has 1 heterocycles. The Morgan fingerprint density at radius 2 is 1.80 bits per heavy atom. The molecule has 0 bridgehead atoms. The lowest BCUT2D eigenvalue weighted by Gasteiger charge is -2.15. The normalized spacial score (nSPS) is 12.8. The number of aryl methyl sites for hydroxylation is 1. The van der Waals surface area contributed by atoms with E-state index in [2.05, 4.69) is 42.6 Å². The minimum absolute atomic E-state index is 0.149. The first kappa shape index (κ1) is 13.3. The Morgan fingerprint density at radius 3 is 2.50 bits per heavy atom. The molecular formula is C17H16FNS. The third-order valence-corrected chi connectivity index (χ3v) is 4.65. The maximum absolute atomic E-state index is 13.3. The predicted octanol–water partition coefficient (Wildman–Crippen LogP) is 4.66. The van der Waals surface area contributed by atoms with Crippen LogP contribution in [0.1, 0.15) is 22.0 Å². The number of rotatable bonds is 3. The van der Waals surface area contributed by atoms with Gasteiger partial charge in [-0.05, 0) is 43.1 Å². The fraction of sp³-hybridized carbons (Fsp3) is 0.176. The Balaban J connectivity index is 2.04. The highest BCUT2D eigenvalue weighted by molar-refractivity contribution is 7.19. The lowest BCUT2D eigenvalue weighted by atomic mass is 10.0. The quantitative estimate of drug-likeness (QED) is 0.738. The molecule has 2 aromatic carbocycles. The summed E-state index contributed by atoms with van der Waals surface area (Å²) < 4.78 is 14.3. The van der Waals surface area contributed by atoms with Gasteiger partial charge in [-0.25, -0.2) is 4.39 Å². The SMILES string of the molecule is CNC(c1ccc(C)cc1)c1cc2ccc(F)cc2s1. The van der Waals surface area contributed by atoms with E-state index in [-0.39, 0.29) is 11.9 Å². The van der Waals surface area contributed by atoms with E-state index >= 15 is 0 Å². The summed E-state index contributed by atoms with van der Waals surface area (Å²) in [6, 6.07) is 15.8. The summed E-state index contributed by atoms with van der Waals surface area (Å²) in [5, 5.41) is 4.44. The molecule has 0 aliphatic carbocycles. The molecule has 1 aromatic heterocycles. The molecule has 20 heavy (non-hydrogen) atoms. The molecule has 1 nitrogen and oxygen atoms in total. The molecule has 3 rings (SSSR count). The number of benzene rings is 2. The van der Waals surface area contributed by atoms with Crippen molar-refractivity contribution in [3.8, 4) is 0 Å². The van der Waals surface area contributed by atoms with Gasteiger partial charge in [0.25, 0.3) is 0 Å². The lowest BCUT2D eigenvalue weighted by Crippen LogP contribution is -2.16. The van der Waals surface area contributed by atoms with Gasteiger partial charge in [-0.1, -0.05) is 35.9 Å². The van der Waals surface area contributed by atoms with E-state index in [9.17, 15) is 4.39 Å². The van der Waals surface area contributed by atoms with Crippen LogP contribution in [0.4, 0.5) is 4.39 Å². The molecule has 1 N–H and O–H groups in total. The maximum Gasteiger partial charge on any atom is 0.124 e. The molecule has 0 saturated carbocycles. The van der Waals surface area contributed by atoms with Crippen molar-refractivity contribution in [3.63, 3.8) is 0 Å². The van der Waals surface area contributed by atoms with Crippen LogP contribution in [0.15, 0.2) is 48.5 Å². The highest BCUT2D eigenvalue weighted by atomic mass is 32.1. The molecule has 0 spiro atoms. The third-order valence-electron chi connectivity index (χ3n) is 3.49. The molecule has 3 heteroatoms. The summed E-state index contributed by atoms with van der Waals surface area (Å²) in [4.78, 5) is 1.21. The second kappa shape index (κ2) is 5.35. The van der Waals surface area contributed by atoms with E-state index in [1.807, 2.05) is 13.1 Å². The molecule has 0 fully saturated rings. The van der Waals surface area contributed by atoms with E-state index in [0.717, 1.165) is 10.1 Å². The van der Waals surface area contributed by atoms with Crippen LogP contribution in [0, 0.1) is 12.7 Å². The minimum atomic E-state index is -0.178. The minimum Gasteiger partial charge on any atom is -0.309 e. The van der Waals surface area contributed by atoms with Crippen molar-refractivity contribution in [1.82, 2.24) is 5.32 Å². The van der Waals surface area contributed by atoms with Crippen LogP contribution in [0.2, 0.25) is 0 Å². The molecule has 3 aromatic rings. The number of nitrogens with one attached hydrogen (secondary N) is 1. The Hall–Kier alpha value is -1.71. The fourth-order valence-electron chi connectivity index (χ4n) is 2.40. The molecule has 0 radical (unpaired) electrons. The van der Waals surface area contributed by atoms with Crippen molar-refractivity contribution in [2.45, 2.75) is 13.0 Å². The van der Waals surface area contributed by atoms with Gasteiger partial charge in [-0.3, -0.25) is 0 Å². The summed E-state index contributed by atoms with van der Waals surface area (Å²) in [5.74, 6) is -0.178. The second-order valence-corrected chi connectivity index (χ2v) is 6.08. The number of halogens is 1. The Morgan fingerprint density at radius 1 is 1.05 bits per heavy atom. The smallest absolute Gasteiger partial charge is 0.124 e. The van der Waals surface area contributed by atoms with Gasteiger partial charge in [0.2, 0.25) is 0 Å². The monoisotopic (exact) mass is 285 g/mol. The molecule has 1 atom stereocenters. The van der Waals surface area contributed by atoms with Crippen LogP contribution in [0.25, 0.3) is 10.1 Å². The van der Waals surface area contributed by atoms with Crippen LogP contribution in [-0.2, 0) is 0 Å². The summed E-state index contributed by atoms with van der Waals surface area (Å²) >= 11 is 1.64. The van der Waals surface area contributed by atoms with E-state index in [0.29, 0.717) is 0 Å². The van der Waals surface area contributed by atoms with E-state index < -0.39 is 0 Å². The molecule has 102 valence electrons. The van der Waals surface area contributed by atoms with Gasteiger partial charge >= 0.3 is 0 Å². The van der Waals surface area contributed by atoms with Crippen molar-refractivity contribution >= 4 is 21.4 Å². The summed E-state index contributed by atoms with van der Waals surface area (Å²) in [6.45, 7) is 2.08. The average molecular weight is 285 g/mol. The van der Waals surface area contributed by atoms with Crippen molar-refractivity contribution < 1.29 is 4.39 Å². The first-order chi connectivity index (χ1) is 9.67. The van der Waals surface area contributed by atoms with Gasteiger partial charge in [-0.2, -0.15) is 0 Å². The molecule has 1 unspecified atom stereocenters. The summed E-state index contributed by atoms with van der Waals surface area (Å²) in [5.41, 5.74) is 2.48. The van der Waals surface area contributed by atoms with Gasteiger partial charge in [0.05, 0.1) is 6.04 Å². The second-order valence-electron chi connectivity index (χ2n) is 4.96. The van der Waals surface area contributed by atoms with Crippen molar-refractivity contribution in [2.24, 2.45) is 0 Å². The summed E-state index contributed by atoms with van der Waals surface area (Å²) in [7, 11) is 1.95. The zero-order chi connectivity index (χ0) is 14.1.